The summed E-state index contributed by atoms with van der Waals surface area (Å²) in [6.45, 7) is 6.58. The van der Waals surface area contributed by atoms with Gasteiger partial charge in [-0.2, -0.15) is 0 Å². The molecule has 106 valence electrons. The van der Waals surface area contributed by atoms with E-state index in [0.717, 1.165) is 27.8 Å². The monoisotopic (exact) mass is 336 g/mol. The molecule has 0 aliphatic rings. The minimum absolute atomic E-state index is 0.189. The molecule has 0 spiro atoms. The number of rotatable bonds is 4. The fourth-order valence-electron chi connectivity index (χ4n) is 2.44. The van der Waals surface area contributed by atoms with Crippen LogP contribution in [0.5, 0.6) is 0 Å². The summed E-state index contributed by atoms with van der Waals surface area (Å²) >= 11 is 3.50. The lowest BCUT2D eigenvalue weighted by Gasteiger charge is -2.22. The summed E-state index contributed by atoms with van der Waals surface area (Å²) in [6, 6.07) is 7.10. The van der Waals surface area contributed by atoms with Crippen LogP contribution in [0.15, 0.2) is 34.9 Å². The van der Waals surface area contributed by atoms with E-state index < -0.39 is 0 Å². The van der Waals surface area contributed by atoms with Crippen LogP contribution in [0.25, 0.3) is 0 Å². The van der Waals surface area contributed by atoms with Crippen LogP contribution in [-0.2, 0) is 0 Å². The summed E-state index contributed by atoms with van der Waals surface area (Å²) in [6.07, 6.45) is 1.73. The van der Waals surface area contributed by atoms with E-state index in [1.54, 1.807) is 12.3 Å². The van der Waals surface area contributed by atoms with Gasteiger partial charge in [-0.05, 0) is 65.6 Å². The number of aryl methyl sites for hydroxylation is 2. The molecule has 20 heavy (non-hydrogen) atoms. The van der Waals surface area contributed by atoms with Crippen LogP contribution in [0.2, 0.25) is 0 Å². The molecule has 4 heteroatoms. The molecule has 0 aliphatic heterocycles. The van der Waals surface area contributed by atoms with E-state index in [1.165, 1.54) is 0 Å². The third-order valence-corrected chi connectivity index (χ3v) is 3.91. The number of nitrogens with zero attached hydrogens (tertiary/aromatic N) is 1. The molecular weight excluding hydrogens is 319 g/mol. The molecular formula is C16H18BrFN2. The van der Waals surface area contributed by atoms with Crippen molar-refractivity contribution in [1.82, 2.24) is 10.3 Å². The van der Waals surface area contributed by atoms with Gasteiger partial charge in [0.1, 0.15) is 5.82 Å². The average Bonchev–Trinajstić information content (AvgIpc) is 2.37. The first-order valence-corrected chi connectivity index (χ1v) is 7.44. The summed E-state index contributed by atoms with van der Waals surface area (Å²) in [4.78, 5) is 4.40. The van der Waals surface area contributed by atoms with Gasteiger partial charge in [0, 0.05) is 16.2 Å². The second-order valence-corrected chi connectivity index (χ2v) is 5.69. The quantitative estimate of drug-likeness (QED) is 0.900. The zero-order valence-corrected chi connectivity index (χ0v) is 13.5. The molecule has 2 aromatic rings. The third kappa shape index (κ3) is 3.07. The summed E-state index contributed by atoms with van der Waals surface area (Å²) in [5.41, 5.74) is 3.34. The summed E-state index contributed by atoms with van der Waals surface area (Å²) in [7, 11) is 0. The van der Waals surface area contributed by atoms with Crippen molar-refractivity contribution in [2.24, 2.45) is 0 Å². The fourth-order valence-corrected chi connectivity index (χ4v) is 2.93. The maximum absolute atomic E-state index is 14.4. The van der Waals surface area contributed by atoms with Gasteiger partial charge < -0.3 is 5.32 Å². The molecule has 2 rings (SSSR count). The number of pyridine rings is 1. The minimum Gasteiger partial charge on any atom is -0.305 e. The molecule has 1 aromatic carbocycles. The second kappa shape index (κ2) is 6.46. The van der Waals surface area contributed by atoms with Crippen molar-refractivity contribution in [3.63, 3.8) is 0 Å². The topological polar surface area (TPSA) is 24.9 Å². The summed E-state index contributed by atoms with van der Waals surface area (Å²) in [5.74, 6) is -0.189. The Hall–Kier alpha value is -1.26. The van der Waals surface area contributed by atoms with Crippen LogP contribution in [-0.4, -0.2) is 11.5 Å². The van der Waals surface area contributed by atoms with Crippen LogP contribution >= 0.6 is 15.9 Å². The first-order chi connectivity index (χ1) is 9.54. The van der Waals surface area contributed by atoms with E-state index in [2.05, 4.69) is 26.2 Å². The third-order valence-electron chi connectivity index (χ3n) is 3.24. The predicted molar refractivity (Wildman–Crippen MR) is 83.3 cm³/mol. The molecule has 1 atom stereocenters. The van der Waals surface area contributed by atoms with Crippen molar-refractivity contribution in [2.45, 2.75) is 26.8 Å². The molecule has 0 saturated heterocycles. The minimum atomic E-state index is -0.254. The van der Waals surface area contributed by atoms with E-state index in [0.29, 0.717) is 5.56 Å². The molecule has 0 amide bonds. The van der Waals surface area contributed by atoms with Crippen LogP contribution in [0.3, 0.4) is 0 Å². The maximum atomic E-state index is 14.4. The Kier molecular flexibility index (Phi) is 4.89. The summed E-state index contributed by atoms with van der Waals surface area (Å²) < 4.78 is 15.3. The van der Waals surface area contributed by atoms with Crippen molar-refractivity contribution >= 4 is 15.9 Å². The number of hydrogen-bond donors (Lipinski definition) is 1. The van der Waals surface area contributed by atoms with Crippen LogP contribution in [0.4, 0.5) is 4.39 Å². The van der Waals surface area contributed by atoms with Crippen molar-refractivity contribution in [1.29, 1.82) is 0 Å². The molecule has 0 bridgehead atoms. The Bertz CT molecular complexity index is 590. The first-order valence-electron chi connectivity index (χ1n) is 6.65. The van der Waals surface area contributed by atoms with Gasteiger partial charge >= 0.3 is 0 Å². The van der Waals surface area contributed by atoms with Gasteiger partial charge in [-0.25, -0.2) is 4.39 Å². The zero-order chi connectivity index (χ0) is 14.7. The number of aromatic nitrogens is 1. The Labute approximate surface area is 127 Å². The smallest absolute Gasteiger partial charge is 0.128 e. The highest BCUT2D eigenvalue weighted by Gasteiger charge is 2.22. The average molecular weight is 337 g/mol. The number of nitrogens with one attached hydrogen (secondary N) is 1. The molecule has 0 fully saturated rings. The number of hydrogen-bond acceptors (Lipinski definition) is 2. The van der Waals surface area contributed by atoms with Crippen molar-refractivity contribution in [3.05, 3.63) is 63.1 Å². The Balaban J connectivity index is 2.58. The van der Waals surface area contributed by atoms with Gasteiger partial charge in [0.25, 0.3) is 0 Å². The lowest BCUT2D eigenvalue weighted by atomic mass is 9.96. The zero-order valence-electron chi connectivity index (χ0n) is 11.9. The molecule has 1 N–H and O–H groups in total. The molecule has 1 aromatic heterocycles. The largest absolute Gasteiger partial charge is 0.305 e. The van der Waals surface area contributed by atoms with Crippen molar-refractivity contribution in [2.75, 3.05) is 6.54 Å². The number of benzene rings is 1. The van der Waals surface area contributed by atoms with E-state index in [-0.39, 0.29) is 11.9 Å². The van der Waals surface area contributed by atoms with Crippen molar-refractivity contribution in [3.8, 4) is 0 Å². The van der Waals surface area contributed by atoms with Gasteiger partial charge in [0.15, 0.2) is 0 Å². The van der Waals surface area contributed by atoms with Gasteiger partial charge in [0.05, 0.1) is 11.7 Å². The fraction of sp³-hybridized carbons (Fsp3) is 0.312. The van der Waals surface area contributed by atoms with E-state index in [4.69, 9.17) is 0 Å². The Morgan fingerprint density at radius 1 is 1.35 bits per heavy atom. The molecule has 0 aliphatic carbocycles. The molecule has 0 radical (unpaired) electrons. The highest BCUT2D eigenvalue weighted by molar-refractivity contribution is 9.10. The summed E-state index contributed by atoms with van der Waals surface area (Å²) in [5, 5.41) is 3.32. The lowest BCUT2D eigenvalue weighted by Crippen LogP contribution is -2.25. The van der Waals surface area contributed by atoms with E-state index in [1.807, 2.05) is 39.0 Å². The highest BCUT2D eigenvalue weighted by atomic mass is 79.9. The van der Waals surface area contributed by atoms with E-state index in [9.17, 15) is 4.39 Å². The van der Waals surface area contributed by atoms with E-state index >= 15 is 0 Å². The second-order valence-electron chi connectivity index (χ2n) is 4.84. The SMILES string of the molecule is CCNC(c1ncccc1Br)c1c(C)cc(C)cc1F. The molecule has 0 saturated carbocycles. The lowest BCUT2D eigenvalue weighted by molar-refractivity contribution is 0.547. The highest BCUT2D eigenvalue weighted by Crippen LogP contribution is 2.31. The van der Waals surface area contributed by atoms with Crippen LogP contribution in [0.1, 0.15) is 35.3 Å². The van der Waals surface area contributed by atoms with Gasteiger partial charge in [0.2, 0.25) is 0 Å². The maximum Gasteiger partial charge on any atom is 0.128 e. The van der Waals surface area contributed by atoms with Gasteiger partial charge in [-0.15, -0.1) is 0 Å². The normalized spacial score (nSPS) is 12.4. The van der Waals surface area contributed by atoms with Gasteiger partial charge in [-0.3, -0.25) is 4.98 Å². The Morgan fingerprint density at radius 3 is 2.70 bits per heavy atom. The molecule has 1 unspecified atom stereocenters. The van der Waals surface area contributed by atoms with Crippen molar-refractivity contribution < 1.29 is 4.39 Å². The van der Waals surface area contributed by atoms with Gasteiger partial charge in [-0.1, -0.05) is 13.0 Å². The first kappa shape index (κ1) is 15.1. The van der Waals surface area contributed by atoms with Crippen LogP contribution < -0.4 is 5.32 Å². The standard InChI is InChI=1S/C16H18BrFN2/c1-4-19-16(15-12(17)6-5-7-20-15)14-11(3)8-10(2)9-13(14)18/h5-9,16,19H,4H2,1-3H3. The van der Waals surface area contributed by atoms with Crippen LogP contribution in [0, 0.1) is 19.7 Å². The predicted octanol–water partition coefficient (Wildman–Crippen LogP) is 4.30. The molecule has 1 heterocycles. The Morgan fingerprint density at radius 2 is 2.10 bits per heavy atom. The molecule has 2 nitrogen and oxygen atoms in total. The number of halogens is 2.